The standard InChI is InChI=1S/C22H30N4O3S/c1-4-26(5-2)30(28,29)19-8-9-21(25-14-6-7-15-25)20(16-19)22(27)24-17(3)18-10-12-23-13-11-18/h8-13,16-17H,4-7,14-15H2,1-3H3,(H,24,27). The molecular weight excluding hydrogens is 400 g/mol. The van der Waals surface area contributed by atoms with E-state index in [0.29, 0.717) is 18.7 Å². The molecule has 162 valence electrons. The molecule has 3 rings (SSSR count). The van der Waals surface area contributed by atoms with E-state index in [-0.39, 0.29) is 16.8 Å². The molecule has 1 unspecified atom stereocenters. The van der Waals surface area contributed by atoms with Crippen molar-refractivity contribution in [2.75, 3.05) is 31.1 Å². The Morgan fingerprint density at radius 2 is 1.77 bits per heavy atom. The Kier molecular flexibility index (Phi) is 7.10. The minimum absolute atomic E-state index is 0.149. The number of hydrogen-bond acceptors (Lipinski definition) is 5. The fourth-order valence-electron chi connectivity index (χ4n) is 3.81. The van der Waals surface area contributed by atoms with Gasteiger partial charge in [0.05, 0.1) is 16.5 Å². The van der Waals surface area contributed by atoms with Crippen molar-refractivity contribution < 1.29 is 13.2 Å². The predicted octanol–water partition coefficient (Wildman–Crippen LogP) is 3.20. The number of anilines is 1. The molecule has 1 aliphatic heterocycles. The summed E-state index contributed by atoms with van der Waals surface area (Å²) < 4.78 is 27.4. The van der Waals surface area contributed by atoms with Gasteiger partial charge in [0.1, 0.15) is 0 Å². The van der Waals surface area contributed by atoms with Crippen molar-refractivity contribution in [1.82, 2.24) is 14.6 Å². The Morgan fingerprint density at radius 3 is 2.37 bits per heavy atom. The summed E-state index contributed by atoms with van der Waals surface area (Å²) >= 11 is 0. The highest BCUT2D eigenvalue weighted by Crippen LogP contribution is 2.29. The molecule has 1 fully saturated rings. The summed E-state index contributed by atoms with van der Waals surface area (Å²) in [6, 6.07) is 8.39. The normalized spacial score (nSPS) is 15.4. The molecule has 1 saturated heterocycles. The number of nitrogens with zero attached hydrogens (tertiary/aromatic N) is 3. The summed E-state index contributed by atoms with van der Waals surface area (Å²) in [6.45, 7) is 8.01. The van der Waals surface area contributed by atoms with Gasteiger partial charge in [0.2, 0.25) is 10.0 Å². The maximum absolute atomic E-state index is 13.2. The second kappa shape index (κ2) is 9.57. The van der Waals surface area contributed by atoms with Crippen LogP contribution in [0.1, 0.15) is 55.6 Å². The van der Waals surface area contributed by atoms with Crippen LogP contribution in [0.4, 0.5) is 5.69 Å². The van der Waals surface area contributed by atoms with E-state index >= 15 is 0 Å². The van der Waals surface area contributed by atoms with Crippen molar-refractivity contribution >= 4 is 21.6 Å². The Balaban J connectivity index is 1.97. The van der Waals surface area contributed by atoms with Crippen LogP contribution in [0.15, 0.2) is 47.6 Å². The number of carbonyl (C=O) groups excluding carboxylic acids is 1. The van der Waals surface area contributed by atoms with E-state index in [1.54, 1.807) is 24.5 Å². The van der Waals surface area contributed by atoms with Crippen LogP contribution in [-0.2, 0) is 10.0 Å². The molecule has 1 aliphatic rings. The van der Waals surface area contributed by atoms with Crippen molar-refractivity contribution in [3.8, 4) is 0 Å². The molecule has 1 atom stereocenters. The highest BCUT2D eigenvalue weighted by Gasteiger charge is 2.27. The Hall–Kier alpha value is -2.45. The molecule has 30 heavy (non-hydrogen) atoms. The lowest BCUT2D eigenvalue weighted by Gasteiger charge is -2.24. The van der Waals surface area contributed by atoms with Gasteiger partial charge in [-0.05, 0) is 55.7 Å². The fraction of sp³-hybridized carbons (Fsp3) is 0.455. The van der Waals surface area contributed by atoms with Crippen LogP contribution in [0.3, 0.4) is 0 Å². The maximum atomic E-state index is 13.2. The van der Waals surface area contributed by atoms with Crippen molar-refractivity contribution in [2.45, 2.75) is 44.6 Å². The number of aromatic nitrogens is 1. The number of benzene rings is 1. The Labute approximate surface area is 179 Å². The molecule has 2 aromatic rings. The molecule has 8 heteroatoms. The van der Waals surface area contributed by atoms with Crippen LogP contribution < -0.4 is 10.2 Å². The lowest BCUT2D eigenvalue weighted by atomic mass is 10.1. The van der Waals surface area contributed by atoms with E-state index in [9.17, 15) is 13.2 Å². The monoisotopic (exact) mass is 430 g/mol. The van der Waals surface area contributed by atoms with E-state index < -0.39 is 10.0 Å². The highest BCUT2D eigenvalue weighted by atomic mass is 32.2. The lowest BCUT2D eigenvalue weighted by Crippen LogP contribution is -2.32. The van der Waals surface area contributed by atoms with Gasteiger partial charge in [0, 0.05) is 44.3 Å². The van der Waals surface area contributed by atoms with Crippen LogP contribution in [0.2, 0.25) is 0 Å². The molecule has 1 aromatic heterocycles. The summed E-state index contributed by atoms with van der Waals surface area (Å²) in [5.74, 6) is -0.280. The SMILES string of the molecule is CCN(CC)S(=O)(=O)c1ccc(N2CCCC2)c(C(=O)NC(C)c2ccncc2)c1. The smallest absolute Gasteiger partial charge is 0.253 e. The van der Waals surface area contributed by atoms with Gasteiger partial charge in [0.15, 0.2) is 0 Å². The molecule has 0 bridgehead atoms. The summed E-state index contributed by atoms with van der Waals surface area (Å²) in [5.41, 5.74) is 2.12. The molecule has 0 spiro atoms. The highest BCUT2D eigenvalue weighted by molar-refractivity contribution is 7.89. The average Bonchev–Trinajstić information content (AvgIpc) is 3.29. The fourth-order valence-corrected chi connectivity index (χ4v) is 5.30. The molecule has 0 radical (unpaired) electrons. The van der Waals surface area contributed by atoms with Gasteiger partial charge in [-0.2, -0.15) is 4.31 Å². The van der Waals surface area contributed by atoms with Crippen LogP contribution in [-0.4, -0.2) is 49.8 Å². The van der Waals surface area contributed by atoms with E-state index in [0.717, 1.165) is 37.2 Å². The zero-order chi connectivity index (χ0) is 21.7. The first kappa shape index (κ1) is 22.2. The third-order valence-corrected chi connectivity index (χ3v) is 7.60. The number of nitrogens with one attached hydrogen (secondary N) is 1. The summed E-state index contributed by atoms with van der Waals surface area (Å²) in [6.07, 6.45) is 5.50. The third kappa shape index (κ3) is 4.65. The molecule has 1 N–H and O–H groups in total. The number of pyridine rings is 1. The second-order valence-corrected chi connectivity index (χ2v) is 9.38. The number of rotatable bonds is 8. The second-order valence-electron chi connectivity index (χ2n) is 7.44. The topological polar surface area (TPSA) is 82.6 Å². The van der Waals surface area contributed by atoms with Gasteiger partial charge in [0.25, 0.3) is 5.91 Å². The molecular formula is C22H30N4O3S. The number of carbonyl (C=O) groups is 1. The minimum Gasteiger partial charge on any atom is -0.371 e. The lowest BCUT2D eigenvalue weighted by molar-refractivity contribution is 0.0940. The number of sulfonamides is 1. The van der Waals surface area contributed by atoms with E-state index in [2.05, 4.69) is 15.2 Å². The van der Waals surface area contributed by atoms with Crippen LogP contribution in [0.5, 0.6) is 0 Å². The maximum Gasteiger partial charge on any atom is 0.253 e. The first-order valence-corrected chi connectivity index (χ1v) is 11.9. The predicted molar refractivity (Wildman–Crippen MR) is 118 cm³/mol. The van der Waals surface area contributed by atoms with Crippen molar-refractivity contribution in [3.05, 3.63) is 53.9 Å². The van der Waals surface area contributed by atoms with Crippen molar-refractivity contribution in [3.63, 3.8) is 0 Å². The summed E-state index contributed by atoms with van der Waals surface area (Å²) in [7, 11) is -3.65. The number of hydrogen-bond donors (Lipinski definition) is 1. The molecule has 0 saturated carbocycles. The quantitative estimate of drug-likeness (QED) is 0.695. The van der Waals surface area contributed by atoms with Gasteiger partial charge in [-0.3, -0.25) is 9.78 Å². The Bertz CT molecular complexity index is 969. The van der Waals surface area contributed by atoms with Crippen LogP contribution in [0, 0.1) is 0 Å². The van der Waals surface area contributed by atoms with E-state index in [4.69, 9.17) is 0 Å². The van der Waals surface area contributed by atoms with Gasteiger partial charge in [-0.1, -0.05) is 13.8 Å². The molecule has 0 aliphatic carbocycles. The largest absolute Gasteiger partial charge is 0.371 e. The van der Waals surface area contributed by atoms with Gasteiger partial charge in [-0.15, -0.1) is 0 Å². The first-order chi connectivity index (χ1) is 14.4. The summed E-state index contributed by atoms with van der Waals surface area (Å²) in [5, 5.41) is 3.01. The van der Waals surface area contributed by atoms with Crippen LogP contribution >= 0.6 is 0 Å². The minimum atomic E-state index is -3.65. The van der Waals surface area contributed by atoms with Gasteiger partial charge in [-0.25, -0.2) is 8.42 Å². The van der Waals surface area contributed by atoms with Crippen LogP contribution in [0.25, 0.3) is 0 Å². The zero-order valence-corrected chi connectivity index (χ0v) is 18.7. The van der Waals surface area contributed by atoms with Gasteiger partial charge >= 0.3 is 0 Å². The van der Waals surface area contributed by atoms with Crippen molar-refractivity contribution in [2.24, 2.45) is 0 Å². The molecule has 1 aromatic carbocycles. The number of amides is 1. The van der Waals surface area contributed by atoms with E-state index in [1.807, 2.05) is 32.9 Å². The third-order valence-electron chi connectivity index (χ3n) is 5.56. The molecule has 1 amide bonds. The van der Waals surface area contributed by atoms with Gasteiger partial charge < -0.3 is 10.2 Å². The Morgan fingerprint density at radius 1 is 1.13 bits per heavy atom. The van der Waals surface area contributed by atoms with Crippen molar-refractivity contribution in [1.29, 1.82) is 0 Å². The first-order valence-electron chi connectivity index (χ1n) is 10.5. The van der Waals surface area contributed by atoms with E-state index in [1.165, 1.54) is 10.4 Å². The molecule has 7 nitrogen and oxygen atoms in total. The molecule has 2 heterocycles. The average molecular weight is 431 g/mol. The summed E-state index contributed by atoms with van der Waals surface area (Å²) in [4.78, 5) is 19.5. The zero-order valence-electron chi connectivity index (χ0n) is 17.8.